The molecule has 20 heavy (non-hydrogen) atoms. The summed E-state index contributed by atoms with van der Waals surface area (Å²) in [5.74, 6) is 0.583. The molecule has 104 valence electrons. The van der Waals surface area contributed by atoms with E-state index in [2.05, 4.69) is 37.2 Å². The summed E-state index contributed by atoms with van der Waals surface area (Å²) in [4.78, 5) is 12.2. The predicted molar refractivity (Wildman–Crippen MR) is 87.5 cm³/mol. The smallest absolute Gasteiger partial charge is 0.255 e. The second kappa shape index (κ2) is 6.41. The Bertz CT molecular complexity index is 656. The van der Waals surface area contributed by atoms with E-state index < -0.39 is 0 Å². The number of aryl methyl sites for hydroxylation is 1. The standard InChI is InChI=1S/C15H13Br2NO2/c1-9-7-10(3-5-12(9)16)15(19)18-11-4-6-14(20-2)13(17)8-11/h3-8H,1-2H3,(H,18,19). The summed E-state index contributed by atoms with van der Waals surface area (Å²) in [7, 11) is 1.60. The maximum absolute atomic E-state index is 12.2. The van der Waals surface area contributed by atoms with Crippen LogP contribution in [0.25, 0.3) is 0 Å². The van der Waals surface area contributed by atoms with Crippen LogP contribution in [-0.4, -0.2) is 13.0 Å². The molecule has 0 fully saturated rings. The van der Waals surface area contributed by atoms with E-state index in [1.54, 1.807) is 25.3 Å². The molecule has 0 unspecified atom stereocenters. The van der Waals surface area contributed by atoms with Crippen molar-refractivity contribution < 1.29 is 9.53 Å². The van der Waals surface area contributed by atoms with E-state index in [9.17, 15) is 4.79 Å². The van der Waals surface area contributed by atoms with Crippen molar-refractivity contribution in [3.63, 3.8) is 0 Å². The number of ether oxygens (including phenoxy) is 1. The van der Waals surface area contributed by atoms with Crippen molar-refractivity contribution in [3.8, 4) is 5.75 Å². The highest BCUT2D eigenvalue weighted by Gasteiger charge is 2.09. The number of carbonyl (C=O) groups excluding carboxylic acids is 1. The molecule has 0 atom stereocenters. The molecule has 0 bridgehead atoms. The Labute approximate surface area is 134 Å². The van der Waals surface area contributed by atoms with Crippen LogP contribution in [0.3, 0.4) is 0 Å². The lowest BCUT2D eigenvalue weighted by atomic mass is 10.1. The molecule has 1 amide bonds. The van der Waals surface area contributed by atoms with Gasteiger partial charge in [0.1, 0.15) is 5.75 Å². The van der Waals surface area contributed by atoms with Crippen LogP contribution in [0.4, 0.5) is 5.69 Å². The number of carbonyl (C=O) groups is 1. The number of benzene rings is 2. The third-order valence-corrected chi connectivity index (χ3v) is 4.34. The van der Waals surface area contributed by atoms with Crippen molar-refractivity contribution in [2.75, 3.05) is 12.4 Å². The largest absolute Gasteiger partial charge is 0.496 e. The Balaban J connectivity index is 2.19. The average molecular weight is 399 g/mol. The summed E-state index contributed by atoms with van der Waals surface area (Å²) in [6.07, 6.45) is 0. The van der Waals surface area contributed by atoms with Crippen LogP contribution >= 0.6 is 31.9 Å². The average Bonchev–Trinajstić information content (AvgIpc) is 2.42. The van der Waals surface area contributed by atoms with Gasteiger partial charge in [-0.3, -0.25) is 4.79 Å². The van der Waals surface area contributed by atoms with E-state index in [0.717, 1.165) is 20.3 Å². The van der Waals surface area contributed by atoms with Crippen LogP contribution < -0.4 is 10.1 Å². The van der Waals surface area contributed by atoms with Gasteiger partial charge < -0.3 is 10.1 Å². The van der Waals surface area contributed by atoms with Crippen LogP contribution in [0.1, 0.15) is 15.9 Å². The van der Waals surface area contributed by atoms with E-state index in [0.29, 0.717) is 11.3 Å². The van der Waals surface area contributed by atoms with Gasteiger partial charge in [-0.15, -0.1) is 0 Å². The van der Waals surface area contributed by atoms with Gasteiger partial charge in [0.15, 0.2) is 0 Å². The molecule has 0 heterocycles. The summed E-state index contributed by atoms with van der Waals surface area (Å²) in [5, 5.41) is 2.86. The quantitative estimate of drug-likeness (QED) is 0.807. The molecule has 0 saturated heterocycles. The first-order chi connectivity index (χ1) is 9.51. The molecular weight excluding hydrogens is 386 g/mol. The minimum absolute atomic E-state index is 0.141. The number of nitrogens with one attached hydrogen (secondary N) is 1. The van der Waals surface area contributed by atoms with Gasteiger partial charge in [-0.2, -0.15) is 0 Å². The summed E-state index contributed by atoms with van der Waals surface area (Å²) in [6.45, 7) is 1.95. The zero-order chi connectivity index (χ0) is 14.7. The highest BCUT2D eigenvalue weighted by Crippen LogP contribution is 2.28. The fourth-order valence-electron chi connectivity index (χ4n) is 1.73. The normalized spacial score (nSPS) is 10.2. The van der Waals surface area contributed by atoms with Crippen molar-refractivity contribution in [1.82, 2.24) is 0 Å². The van der Waals surface area contributed by atoms with E-state index in [1.807, 2.05) is 25.1 Å². The second-order valence-electron chi connectivity index (χ2n) is 4.27. The summed E-state index contributed by atoms with van der Waals surface area (Å²) < 4.78 is 6.94. The molecule has 0 saturated carbocycles. The van der Waals surface area contributed by atoms with Gasteiger partial charge in [-0.05, 0) is 64.8 Å². The lowest BCUT2D eigenvalue weighted by Crippen LogP contribution is -2.12. The maximum Gasteiger partial charge on any atom is 0.255 e. The van der Waals surface area contributed by atoms with Gasteiger partial charge in [0.25, 0.3) is 5.91 Å². The predicted octanol–water partition coefficient (Wildman–Crippen LogP) is 4.78. The van der Waals surface area contributed by atoms with Crippen LogP contribution in [0, 0.1) is 6.92 Å². The van der Waals surface area contributed by atoms with E-state index in [1.165, 1.54) is 0 Å². The van der Waals surface area contributed by atoms with Gasteiger partial charge in [0, 0.05) is 15.7 Å². The van der Waals surface area contributed by atoms with Crippen LogP contribution in [0.5, 0.6) is 5.75 Å². The Kier molecular flexibility index (Phi) is 4.83. The topological polar surface area (TPSA) is 38.3 Å². The first-order valence-corrected chi connectivity index (χ1v) is 7.51. The van der Waals surface area contributed by atoms with Gasteiger partial charge >= 0.3 is 0 Å². The molecule has 3 nitrogen and oxygen atoms in total. The van der Waals surface area contributed by atoms with E-state index in [4.69, 9.17) is 4.74 Å². The number of methoxy groups -OCH3 is 1. The number of halogens is 2. The van der Waals surface area contributed by atoms with Gasteiger partial charge in [-0.25, -0.2) is 0 Å². The third kappa shape index (κ3) is 3.41. The summed E-state index contributed by atoms with van der Waals surface area (Å²) in [5.41, 5.74) is 2.36. The molecule has 2 rings (SSSR count). The lowest BCUT2D eigenvalue weighted by molar-refractivity contribution is 0.102. The molecule has 0 spiro atoms. The Morgan fingerprint density at radius 3 is 2.45 bits per heavy atom. The molecule has 1 N–H and O–H groups in total. The number of hydrogen-bond donors (Lipinski definition) is 1. The Hall–Kier alpha value is -1.33. The SMILES string of the molecule is COc1ccc(NC(=O)c2ccc(Br)c(C)c2)cc1Br. The highest BCUT2D eigenvalue weighted by atomic mass is 79.9. The van der Waals surface area contributed by atoms with Crippen molar-refractivity contribution in [2.45, 2.75) is 6.92 Å². The molecule has 5 heteroatoms. The second-order valence-corrected chi connectivity index (χ2v) is 5.98. The van der Waals surface area contributed by atoms with Crippen LogP contribution in [-0.2, 0) is 0 Å². The first kappa shape index (κ1) is 15.1. The maximum atomic E-state index is 12.2. The van der Waals surface area contributed by atoms with Crippen LogP contribution in [0.2, 0.25) is 0 Å². The molecule has 0 aliphatic carbocycles. The van der Waals surface area contributed by atoms with Gasteiger partial charge in [-0.1, -0.05) is 15.9 Å². The number of rotatable bonds is 3. The zero-order valence-electron chi connectivity index (χ0n) is 11.0. The summed E-state index contributed by atoms with van der Waals surface area (Å²) >= 11 is 6.81. The van der Waals surface area contributed by atoms with E-state index in [-0.39, 0.29) is 5.91 Å². The van der Waals surface area contributed by atoms with E-state index >= 15 is 0 Å². The zero-order valence-corrected chi connectivity index (χ0v) is 14.2. The van der Waals surface area contributed by atoms with Gasteiger partial charge in [0.2, 0.25) is 0 Å². The van der Waals surface area contributed by atoms with Gasteiger partial charge in [0.05, 0.1) is 11.6 Å². The minimum Gasteiger partial charge on any atom is -0.496 e. The number of anilines is 1. The molecule has 0 radical (unpaired) electrons. The Morgan fingerprint density at radius 2 is 1.85 bits per heavy atom. The molecule has 0 aliphatic heterocycles. The monoisotopic (exact) mass is 397 g/mol. The van der Waals surface area contributed by atoms with Crippen molar-refractivity contribution in [1.29, 1.82) is 0 Å². The minimum atomic E-state index is -0.141. The molecule has 2 aromatic carbocycles. The number of amides is 1. The highest BCUT2D eigenvalue weighted by molar-refractivity contribution is 9.10. The Morgan fingerprint density at radius 1 is 1.10 bits per heavy atom. The molecule has 0 aromatic heterocycles. The van der Waals surface area contributed by atoms with Crippen molar-refractivity contribution in [3.05, 3.63) is 56.5 Å². The lowest BCUT2D eigenvalue weighted by Gasteiger charge is -2.09. The van der Waals surface area contributed by atoms with Crippen LogP contribution in [0.15, 0.2) is 45.3 Å². The first-order valence-electron chi connectivity index (χ1n) is 5.92. The fraction of sp³-hybridized carbons (Fsp3) is 0.133. The molecule has 0 aliphatic rings. The third-order valence-electron chi connectivity index (χ3n) is 2.83. The number of hydrogen-bond acceptors (Lipinski definition) is 2. The summed E-state index contributed by atoms with van der Waals surface area (Å²) in [6, 6.07) is 10.9. The fourth-order valence-corrected chi connectivity index (χ4v) is 2.52. The molecule has 2 aromatic rings. The van der Waals surface area contributed by atoms with Crippen molar-refractivity contribution in [2.24, 2.45) is 0 Å². The van der Waals surface area contributed by atoms with Crippen molar-refractivity contribution >= 4 is 43.5 Å². The molecular formula is C15H13Br2NO2.